The van der Waals surface area contributed by atoms with Gasteiger partial charge in [-0.15, -0.1) is 0 Å². The van der Waals surface area contributed by atoms with Crippen molar-refractivity contribution < 1.29 is 0 Å². The van der Waals surface area contributed by atoms with Crippen molar-refractivity contribution >= 4 is 0 Å². The summed E-state index contributed by atoms with van der Waals surface area (Å²) in [5.74, 6) is 0. The molecule has 0 saturated carbocycles. The summed E-state index contributed by atoms with van der Waals surface area (Å²) in [6.07, 6.45) is 6.20. The molecule has 0 aliphatic heterocycles. The summed E-state index contributed by atoms with van der Waals surface area (Å²) in [5, 5.41) is 0. The maximum absolute atomic E-state index is 11.5. The van der Waals surface area contributed by atoms with Crippen LogP contribution >= 0.6 is 0 Å². The number of hydrogen-bond donors (Lipinski definition) is 1. The Bertz CT molecular complexity index is 600. The van der Waals surface area contributed by atoms with Gasteiger partial charge in [0.2, 0.25) is 0 Å². The van der Waals surface area contributed by atoms with Gasteiger partial charge in [-0.1, -0.05) is 0 Å². The SMILES string of the molecule is Cc1cn(Cc2cnccn2)c(=O)[nH]c1=O. The van der Waals surface area contributed by atoms with Crippen LogP contribution in [0.2, 0.25) is 0 Å². The highest BCUT2D eigenvalue weighted by Crippen LogP contribution is 1.93. The van der Waals surface area contributed by atoms with E-state index in [4.69, 9.17) is 0 Å². The number of hydrogen-bond acceptors (Lipinski definition) is 4. The largest absolute Gasteiger partial charge is 0.328 e. The van der Waals surface area contributed by atoms with E-state index in [9.17, 15) is 9.59 Å². The van der Waals surface area contributed by atoms with E-state index in [-0.39, 0.29) is 5.56 Å². The minimum atomic E-state index is -0.443. The first-order chi connectivity index (χ1) is 7.66. The summed E-state index contributed by atoms with van der Waals surface area (Å²) < 4.78 is 1.39. The van der Waals surface area contributed by atoms with Crippen LogP contribution in [0, 0.1) is 6.92 Å². The molecule has 0 fully saturated rings. The van der Waals surface area contributed by atoms with Crippen molar-refractivity contribution in [3.05, 3.63) is 56.9 Å². The van der Waals surface area contributed by atoms with Crippen LogP contribution in [0.5, 0.6) is 0 Å². The summed E-state index contributed by atoms with van der Waals surface area (Å²) in [7, 11) is 0. The predicted molar refractivity (Wildman–Crippen MR) is 57.2 cm³/mol. The standard InChI is InChI=1S/C10H10N4O2/c1-7-5-14(10(16)13-9(7)15)6-8-4-11-2-3-12-8/h2-5H,6H2,1H3,(H,13,15,16). The Morgan fingerprint density at radius 2 is 2.19 bits per heavy atom. The molecule has 6 nitrogen and oxygen atoms in total. The lowest BCUT2D eigenvalue weighted by Crippen LogP contribution is -2.31. The lowest BCUT2D eigenvalue weighted by molar-refractivity contribution is 0.696. The third-order valence-electron chi connectivity index (χ3n) is 2.14. The molecule has 0 aliphatic rings. The molecule has 82 valence electrons. The van der Waals surface area contributed by atoms with Gasteiger partial charge in [-0.05, 0) is 6.92 Å². The molecule has 0 radical (unpaired) electrons. The van der Waals surface area contributed by atoms with E-state index in [1.54, 1.807) is 25.5 Å². The normalized spacial score (nSPS) is 10.3. The zero-order valence-corrected chi connectivity index (χ0v) is 8.67. The fraction of sp³-hybridized carbons (Fsp3) is 0.200. The number of aryl methyl sites for hydroxylation is 1. The Labute approximate surface area is 90.6 Å². The first kappa shape index (κ1) is 10.3. The number of rotatable bonds is 2. The van der Waals surface area contributed by atoms with Crippen molar-refractivity contribution in [2.45, 2.75) is 13.5 Å². The predicted octanol–water partition coefficient (Wildman–Crippen LogP) is -0.317. The van der Waals surface area contributed by atoms with Gasteiger partial charge in [0.15, 0.2) is 0 Å². The molecule has 0 amide bonds. The van der Waals surface area contributed by atoms with Crippen LogP contribution in [-0.2, 0) is 6.54 Å². The Morgan fingerprint density at radius 3 is 2.88 bits per heavy atom. The van der Waals surface area contributed by atoms with E-state index in [1.807, 2.05) is 0 Å². The maximum Gasteiger partial charge on any atom is 0.328 e. The first-order valence-corrected chi connectivity index (χ1v) is 4.72. The smallest absolute Gasteiger partial charge is 0.294 e. The van der Waals surface area contributed by atoms with E-state index in [0.717, 1.165) is 0 Å². The molecule has 0 saturated heterocycles. The average molecular weight is 218 g/mol. The minimum Gasteiger partial charge on any atom is -0.294 e. The van der Waals surface area contributed by atoms with E-state index >= 15 is 0 Å². The number of H-pyrrole nitrogens is 1. The van der Waals surface area contributed by atoms with Gasteiger partial charge in [0, 0.05) is 24.2 Å². The molecular weight excluding hydrogens is 208 g/mol. The van der Waals surface area contributed by atoms with Crippen LogP contribution in [0.15, 0.2) is 34.4 Å². The molecule has 2 aromatic rings. The van der Waals surface area contributed by atoms with Crippen molar-refractivity contribution in [1.29, 1.82) is 0 Å². The number of aromatic amines is 1. The molecule has 6 heteroatoms. The molecule has 16 heavy (non-hydrogen) atoms. The fourth-order valence-corrected chi connectivity index (χ4v) is 1.32. The van der Waals surface area contributed by atoms with Gasteiger partial charge in [-0.2, -0.15) is 0 Å². The van der Waals surface area contributed by atoms with E-state index < -0.39 is 5.69 Å². The van der Waals surface area contributed by atoms with Crippen LogP contribution in [0.25, 0.3) is 0 Å². The van der Waals surface area contributed by atoms with Gasteiger partial charge in [0.1, 0.15) is 0 Å². The van der Waals surface area contributed by atoms with Crippen molar-refractivity contribution in [1.82, 2.24) is 19.5 Å². The topological polar surface area (TPSA) is 80.6 Å². The van der Waals surface area contributed by atoms with E-state index in [2.05, 4.69) is 15.0 Å². The Hall–Kier alpha value is -2.24. The van der Waals surface area contributed by atoms with Gasteiger partial charge >= 0.3 is 5.69 Å². The Kier molecular flexibility index (Phi) is 2.63. The fourth-order valence-electron chi connectivity index (χ4n) is 1.32. The molecule has 0 unspecified atom stereocenters. The zero-order chi connectivity index (χ0) is 11.5. The van der Waals surface area contributed by atoms with Crippen LogP contribution < -0.4 is 11.2 Å². The maximum atomic E-state index is 11.5. The number of nitrogens with zero attached hydrogens (tertiary/aromatic N) is 3. The molecule has 0 spiro atoms. The Balaban J connectivity index is 2.40. The second kappa shape index (κ2) is 4.09. The second-order valence-corrected chi connectivity index (χ2v) is 3.40. The zero-order valence-electron chi connectivity index (χ0n) is 8.67. The molecule has 0 atom stereocenters. The highest BCUT2D eigenvalue weighted by molar-refractivity contribution is 5.03. The van der Waals surface area contributed by atoms with Crippen LogP contribution in [0.1, 0.15) is 11.3 Å². The monoisotopic (exact) mass is 218 g/mol. The van der Waals surface area contributed by atoms with Gasteiger partial charge in [-0.3, -0.25) is 24.3 Å². The van der Waals surface area contributed by atoms with Crippen LogP contribution in [-0.4, -0.2) is 19.5 Å². The minimum absolute atomic E-state index is 0.296. The average Bonchev–Trinajstić information content (AvgIpc) is 2.27. The third-order valence-corrected chi connectivity index (χ3v) is 2.14. The lowest BCUT2D eigenvalue weighted by atomic mass is 10.3. The quantitative estimate of drug-likeness (QED) is 0.749. The van der Waals surface area contributed by atoms with Crippen molar-refractivity contribution in [3.63, 3.8) is 0 Å². The van der Waals surface area contributed by atoms with Crippen LogP contribution in [0.4, 0.5) is 0 Å². The number of nitrogens with one attached hydrogen (secondary N) is 1. The molecule has 0 aromatic carbocycles. The molecule has 0 bridgehead atoms. The highest BCUT2D eigenvalue weighted by Gasteiger charge is 2.02. The van der Waals surface area contributed by atoms with Crippen molar-refractivity contribution in [2.75, 3.05) is 0 Å². The number of aromatic nitrogens is 4. The first-order valence-electron chi connectivity index (χ1n) is 4.72. The highest BCUT2D eigenvalue weighted by atomic mass is 16.2. The molecule has 0 aliphatic carbocycles. The summed E-state index contributed by atoms with van der Waals surface area (Å²) in [6.45, 7) is 1.94. The molecule has 1 N–H and O–H groups in total. The van der Waals surface area contributed by atoms with Crippen molar-refractivity contribution in [3.8, 4) is 0 Å². The molecular formula is C10H10N4O2. The van der Waals surface area contributed by atoms with Gasteiger partial charge in [0.25, 0.3) is 5.56 Å². The molecule has 2 rings (SSSR count). The Morgan fingerprint density at radius 1 is 1.38 bits per heavy atom. The third kappa shape index (κ3) is 2.05. The summed E-state index contributed by atoms with van der Waals surface area (Å²) in [5.41, 5.74) is 0.348. The van der Waals surface area contributed by atoms with Gasteiger partial charge < -0.3 is 0 Å². The van der Waals surface area contributed by atoms with Gasteiger partial charge in [0.05, 0.1) is 18.4 Å². The molecule has 2 aromatic heterocycles. The summed E-state index contributed by atoms with van der Waals surface area (Å²) in [6, 6.07) is 0. The molecule has 2 heterocycles. The lowest BCUT2D eigenvalue weighted by Gasteiger charge is -2.04. The van der Waals surface area contributed by atoms with Crippen LogP contribution in [0.3, 0.4) is 0 Å². The second-order valence-electron chi connectivity index (χ2n) is 3.40. The van der Waals surface area contributed by atoms with Crippen molar-refractivity contribution in [2.24, 2.45) is 0 Å². The van der Waals surface area contributed by atoms with Gasteiger partial charge in [-0.25, -0.2) is 4.79 Å². The summed E-state index contributed by atoms with van der Waals surface area (Å²) in [4.78, 5) is 32.8. The van der Waals surface area contributed by atoms with E-state index in [1.165, 1.54) is 10.8 Å². The van der Waals surface area contributed by atoms with E-state index in [0.29, 0.717) is 17.8 Å². The summed E-state index contributed by atoms with van der Waals surface area (Å²) >= 11 is 0.